The van der Waals surface area contributed by atoms with Gasteiger partial charge in [-0.2, -0.15) is 4.41 Å². The van der Waals surface area contributed by atoms with Crippen LogP contribution < -0.4 is 14.9 Å². The number of hydrazine groups is 1. The average Bonchev–Trinajstić information content (AvgIpc) is 2.83. The first-order valence-electron chi connectivity index (χ1n) is 7.46. The van der Waals surface area contributed by atoms with E-state index in [1.54, 1.807) is 0 Å². The first-order chi connectivity index (χ1) is 12.0. The number of nitrogens with zero attached hydrogens (tertiary/aromatic N) is 2. The Morgan fingerprint density at radius 3 is 2.42 bits per heavy atom. The molecule has 8 nitrogen and oxygen atoms in total. The zero-order chi connectivity index (χ0) is 19.1. The molecule has 0 aliphatic carbocycles. The van der Waals surface area contributed by atoms with Crippen LogP contribution >= 0.6 is 11.9 Å². The van der Waals surface area contributed by atoms with Crippen LogP contribution in [0.5, 0.6) is 0 Å². The maximum Gasteiger partial charge on any atom is 0.238 e. The predicted octanol–water partition coefficient (Wildman–Crippen LogP) is 1.58. The molecule has 0 spiro atoms. The molecule has 3 rings (SSSR count). The summed E-state index contributed by atoms with van der Waals surface area (Å²) in [5.74, 6) is 0. The summed E-state index contributed by atoms with van der Waals surface area (Å²) in [6.45, 7) is 0.593. The van der Waals surface area contributed by atoms with Gasteiger partial charge in [0.2, 0.25) is 20.0 Å². The molecule has 2 aromatic rings. The fourth-order valence-corrected chi connectivity index (χ4v) is 4.87. The quantitative estimate of drug-likeness (QED) is 0.714. The summed E-state index contributed by atoms with van der Waals surface area (Å²) in [4.78, 5) is 0.347. The highest BCUT2D eigenvalue weighted by molar-refractivity contribution is 7.97. The molecule has 0 saturated heterocycles. The zero-order valence-electron chi connectivity index (χ0n) is 14.1. The number of hydrogen-bond acceptors (Lipinski definition) is 7. The zero-order valence-corrected chi connectivity index (χ0v) is 16.5. The van der Waals surface area contributed by atoms with Crippen molar-refractivity contribution >= 4 is 43.4 Å². The Labute approximate surface area is 157 Å². The van der Waals surface area contributed by atoms with E-state index in [1.165, 1.54) is 30.1 Å². The molecule has 1 aliphatic rings. The molecule has 0 bridgehead atoms. The van der Waals surface area contributed by atoms with Crippen molar-refractivity contribution in [2.24, 2.45) is 5.14 Å². The van der Waals surface area contributed by atoms with Crippen LogP contribution in [0.3, 0.4) is 0 Å². The van der Waals surface area contributed by atoms with Crippen LogP contribution in [-0.4, -0.2) is 34.6 Å². The van der Waals surface area contributed by atoms with E-state index in [0.29, 0.717) is 11.4 Å². The van der Waals surface area contributed by atoms with Gasteiger partial charge in [-0.1, -0.05) is 18.2 Å². The van der Waals surface area contributed by atoms with Crippen LogP contribution in [0.2, 0.25) is 0 Å². The average molecular weight is 415 g/mol. The molecule has 0 saturated carbocycles. The Hall–Kier alpha value is -1.79. The van der Waals surface area contributed by atoms with Crippen LogP contribution in [0.15, 0.2) is 52.3 Å². The standard InChI is InChI=1S/C15H18N4O4S3/c1-18-14-6-4-3-5-11(14)10-19(18)24-15-9-12(26(16,22)23)7-8-13(15)17-25(2,20)21/h3-9,17H,10H2,1-2H3,(H2,16,22,23). The maximum absolute atomic E-state index is 11.7. The largest absolute Gasteiger partial charge is 0.298 e. The summed E-state index contributed by atoms with van der Waals surface area (Å²) in [5, 5.41) is 7.13. The van der Waals surface area contributed by atoms with Crippen LogP contribution in [0.25, 0.3) is 0 Å². The molecule has 0 amide bonds. The van der Waals surface area contributed by atoms with Gasteiger partial charge in [0.15, 0.2) is 0 Å². The van der Waals surface area contributed by atoms with Crippen molar-refractivity contribution in [3.63, 3.8) is 0 Å². The van der Waals surface area contributed by atoms with Crippen LogP contribution in [0, 0.1) is 0 Å². The molecule has 0 unspecified atom stereocenters. The van der Waals surface area contributed by atoms with Crippen molar-refractivity contribution in [2.45, 2.75) is 16.3 Å². The predicted molar refractivity (Wildman–Crippen MR) is 103 cm³/mol. The molecular weight excluding hydrogens is 396 g/mol. The van der Waals surface area contributed by atoms with Crippen molar-refractivity contribution < 1.29 is 16.8 Å². The smallest absolute Gasteiger partial charge is 0.238 e. The lowest BCUT2D eigenvalue weighted by Crippen LogP contribution is -2.28. The Balaban J connectivity index is 1.97. The molecule has 1 aliphatic heterocycles. The number of rotatable bonds is 5. The SMILES string of the molecule is CN1c2ccccc2CN1Sc1cc(S(N)(=O)=O)ccc1NS(C)(=O)=O. The van der Waals surface area contributed by atoms with E-state index in [4.69, 9.17) is 5.14 Å². The number of fused-ring (bicyclic) bond motifs is 1. The second kappa shape index (κ2) is 6.74. The van der Waals surface area contributed by atoms with E-state index in [2.05, 4.69) is 4.72 Å². The number of nitrogens with one attached hydrogen (secondary N) is 1. The van der Waals surface area contributed by atoms with Gasteiger partial charge >= 0.3 is 0 Å². The number of sulfonamides is 2. The van der Waals surface area contributed by atoms with Crippen LogP contribution in [0.4, 0.5) is 11.4 Å². The van der Waals surface area contributed by atoms with Gasteiger partial charge in [-0.3, -0.25) is 9.73 Å². The summed E-state index contributed by atoms with van der Waals surface area (Å²) in [6.07, 6.45) is 1.03. The van der Waals surface area contributed by atoms with E-state index < -0.39 is 20.0 Å². The van der Waals surface area contributed by atoms with Crippen molar-refractivity contribution in [3.8, 4) is 0 Å². The highest BCUT2D eigenvalue weighted by atomic mass is 32.2. The van der Waals surface area contributed by atoms with Gasteiger partial charge in [-0.15, -0.1) is 0 Å². The van der Waals surface area contributed by atoms with Gasteiger partial charge in [0, 0.05) is 7.05 Å². The molecule has 140 valence electrons. The molecule has 0 atom stereocenters. The molecule has 3 N–H and O–H groups in total. The summed E-state index contributed by atoms with van der Waals surface area (Å²) < 4.78 is 50.9. The molecule has 11 heteroatoms. The van der Waals surface area contributed by atoms with Crippen molar-refractivity contribution in [1.29, 1.82) is 0 Å². The fraction of sp³-hybridized carbons (Fsp3) is 0.200. The summed E-state index contributed by atoms with van der Waals surface area (Å²) >= 11 is 1.23. The van der Waals surface area contributed by atoms with Gasteiger partial charge in [0.1, 0.15) is 0 Å². The lowest BCUT2D eigenvalue weighted by atomic mass is 10.2. The molecule has 0 fully saturated rings. The number of primary sulfonamides is 1. The number of para-hydroxylation sites is 1. The van der Waals surface area contributed by atoms with E-state index in [1.807, 2.05) is 40.7 Å². The molecule has 1 heterocycles. The minimum atomic E-state index is -3.91. The molecule has 2 aromatic carbocycles. The van der Waals surface area contributed by atoms with Gasteiger partial charge in [0.25, 0.3) is 0 Å². The third-order valence-corrected chi connectivity index (χ3v) is 6.38. The third-order valence-electron chi connectivity index (χ3n) is 3.76. The summed E-state index contributed by atoms with van der Waals surface area (Å²) in [5.41, 5.74) is 2.43. The summed E-state index contributed by atoms with van der Waals surface area (Å²) in [7, 11) is -5.55. The van der Waals surface area contributed by atoms with E-state index in [9.17, 15) is 16.8 Å². The number of benzene rings is 2. The van der Waals surface area contributed by atoms with Crippen molar-refractivity contribution in [2.75, 3.05) is 23.0 Å². The molecule has 0 aromatic heterocycles. The number of nitrogens with two attached hydrogens (primary N) is 1. The Morgan fingerprint density at radius 2 is 1.81 bits per heavy atom. The summed E-state index contributed by atoms with van der Waals surface area (Å²) in [6, 6.07) is 11.9. The lowest BCUT2D eigenvalue weighted by molar-refractivity contribution is 0.494. The van der Waals surface area contributed by atoms with Gasteiger partial charge in [-0.25, -0.2) is 22.0 Å². The van der Waals surface area contributed by atoms with Crippen molar-refractivity contribution in [1.82, 2.24) is 4.41 Å². The Morgan fingerprint density at radius 1 is 1.12 bits per heavy atom. The first-order valence-corrected chi connectivity index (χ1v) is 11.7. The normalized spacial score (nSPS) is 15.1. The highest BCUT2D eigenvalue weighted by Gasteiger charge is 2.26. The maximum atomic E-state index is 11.7. The third kappa shape index (κ3) is 4.13. The highest BCUT2D eigenvalue weighted by Crippen LogP contribution is 2.40. The second-order valence-corrected chi connectivity index (χ2v) is 10.2. The van der Waals surface area contributed by atoms with E-state index >= 15 is 0 Å². The van der Waals surface area contributed by atoms with Crippen molar-refractivity contribution in [3.05, 3.63) is 48.0 Å². The Bertz CT molecular complexity index is 1050. The molecular formula is C15H18N4O4S3. The first kappa shape index (κ1) is 19.0. The minimum Gasteiger partial charge on any atom is -0.298 e. The number of hydrogen-bond donors (Lipinski definition) is 2. The minimum absolute atomic E-state index is 0.0848. The van der Waals surface area contributed by atoms with Gasteiger partial charge < -0.3 is 0 Å². The van der Waals surface area contributed by atoms with E-state index in [0.717, 1.165) is 17.5 Å². The van der Waals surface area contributed by atoms with Gasteiger partial charge in [-0.05, 0) is 41.8 Å². The monoisotopic (exact) mass is 414 g/mol. The molecule has 0 radical (unpaired) electrons. The van der Waals surface area contributed by atoms with Crippen LogP contribution in [0.1, 0.15) is 5.56 Å². The second-order valence-electron chi connectivity index (χ2n) is 5.83. The van der Waals surface area contributed by atoms with E-state index in [-0.39, 0.29) is 10.6 Å². The lowest BCUT2D eigenvalue weighted by Gasteiger charge is -2.25. The Kier molecular flexibility index (Phi) is 4.92. The fourth-order valence-electron chi connectivity index (χ4n) is 2.58. The van der Waals surface area contributed by atoms with Crippen LogP contribution in [-0.2, 0) is 26.6 Å². The molecule has 26 heavy (non-hydrogen) atoms. The number of anilines is 2. The topological polar surface area (TPSA) is 113 Å². The van der Waals surface area contributed by atoms with Gasteiger partial charge in [0.05, 0.1) is 34.0 Å².